The highest BCUT2D eigenvalue weighted by Crippen LogP contribution is 2.61. The molecule has 0 radical (unpaired) electrons. The second-order valence-electron chi connectivity index (χ2n) is 8.13. The Kier molecular flexibility index (Phi) is 4.45. The highest BCUT2D eigenvalue weighted by atomic mass is 16.3. The highest BCUT2D eigenvalue weighted by molar-refractivity contribution is 5.24. The largest absolute Gasteiger partial charge is 0.472 e. The molecule has 1 aromatic rings. The standard InChI is InChI=1S/C20H30O3/c1-14-17(22)11-20(3)16(12-21)5-4-6-18(20)19(14,2)9-7-15-8-10-23-13-15/h5,8,10,13-14,17-18,21-22H,4,6-7,9,11-12H2,1-3H3. The van der Waals surface area contributed by atoms with Crippen molar-refractivity contribution in [1.29, 1.82) is 0 Å². The Labute approximate surface area is 139 Å². The molecule has 5 atom stereocenters. The van der Waals surface area contributed by atoms with Crippen LogP contribution < -0.4 is 0 Å². The maximum absolute atomic E-state index is 10.8. The molecule has 3 heteroatoms. The number of aliphatic hydroxyl groups is 2. The van der Waals surface area contributed by atoms with E-state index in [-0.39, 0.29) is 29.5 Å². The van der Waals surface area contributed by atoms with Gasteiger partial charge in [0.1, 0.15) is 0 Å². The summed E-state index contributed by atoms with van der Waals surface area (Å²) in [5.41, 5.74) is 2.35. The van der Waals surface area contributed by atoms with Crippen LogP contribution in [0.2, 0.25) is 0 Å². The Bertz CT molecular complexity index is 561. The van der Waals surface area contributed by atoms with Crippen LogP contribution in [0.5, 0.6) is 0 Å². The zero-order valence-corrected chi connectivity index (χ0v) is 14.6. The summed E-state index contributed by atoms with van der Waals surface area (Å²) in [6.45, 7) is 6.93. The average Bonchev–Trinajstić information content (AvgIpc) is 3.04. The first-order valence-corrected chi connectivity index (χ1v) is 8.91. The van der Waals surface area contributed by atoms with E-state index in [1.165, 1.54) is 5.56 Å². The van der Waals surface area contributed by atoms with Crippen LogP contribution in [0.15, 0.2) is 34.7 Å². The van der Waals surface area contributed by atoms with E-state index >= 15 is 0 Å². The van der Waals surface area contributed by atoms with E-state index in [2.05, 4.69) is 26.8 Å². The molecule has 2 aliphatic rings. The zero-order valence-electron chi connectivity index (χ0n) is 14.6. The molecule has 0 aromatic carbocycles. The molecular weight excluding hydrogens is 288 g/mol. The fourth-order valence-electron chi connectivity index (χ4n) is 5.39. The number of aliphatic hydroxyl groups excluding tert-OH is 2. The molecule has 1 saturated carbocycles. The van der Waals surface area contributed by atoms with Gasteiger partial charge in [0.25, 0.3) is 0 Å². The lowest BCUT2D eigenvalue weighted by Gasteiger charge is -2.59. The van der Waals surface area contributed by atoms with E-state index in [0.29, 0.717) is 5.92 Å². The van der Waals surface area contributed by atoms with Crippen LogP contribution in [0.4, 0.5) is 0 Å². The van der Waals surface area contributed by atoms with Crippen LogP contribution >= 0.6 is 0 Å². The van der Waals surface area contributed by atoms with Gasteiger partial charge in [0.05, 0.1) is 25.2 Å². The van der Waals surface area contributed by atoms with E-state index in [1.54, 1.807) is 6.26 Å². The molecule has 128 valence electrons. The highest BCUT2D eigenvalue weighted by Gasteiger charge is 2.56. The molecule has 0 bridgehead atoms. The van der Waals surface area contributed by atoms with Gasteiger partial charge in [-0.3, -0.25) is 0 Å². The van der Waals surface area contributed by atoms with Crippen molar-refractivity contribution in [2.75, 3.05) is 6.61 Å². The fraction of sp³-hybridized carbons (Fsp3) is 0.700. The van der Waals surface area contributed by atoms with Crippen molar-refractivity contribution in [2.24, 2.45) is 22.7 Å². The minimum atomic E-state index is -0.307. The summed E-state index contributed by atoms with van der Waals surface area (Å²) in [7, 11) is 0. The second kappa shape index (κ2) is 6.10. The molecule has 1 aromatic heterocycles. The van der Waals surface area contributed by atoms with Gasteiger partial charge in [-0.25, -0.2) is 0 Å². The van der Waals surface area contributed by atoms with Gasteiger partial charge in [0, 0.05) is 0 Å². The number of rotatable bonds is 4. The van der Waals surface area contributed by atoms with Gasteiger partial charge in [0.15, 0.2) is 0 Å². The van der Waals surface area contributed by atoms with Gasteiger partial charge < -0.3 is 14.6 Å². The van der Waals surface area contributed by atoms with Crippen LogP contribution in [0.3, 0.4) is 0 Å². The molecule has 5 unspecified atom stereocenters. The molecule has 23 heavy (non-hydrogen) atoms. The first-order valence-electron chi connectivity index (χ1n) is 8.91. The first-order chi connectivity index (χ1) is 10.9. The van der Waals surface area contributed by atoms with E-state index in [4.69, 9.17) is 4.42 Å². The minimum Gasteiger partial charge on any atom is -0.472 e. The smallest absolute Gasteiger partial charge is 0.0934 e. The number of allylic oxidation sites excluding steroid dienone is 1. The van der Waals surface area contributed by atoms with E-state index in [0.717, 1.165) is 37.7 Å². The normalized spacial score (nSPS) is 40.6. The SMILES string of the molecule is CC1C(O)CC2(C)C(CO)=CCCC2C1(C)CCc1ccoc1. The van der Waals surface area contributed by atoms with Gasteiger partial charge in [-0.2, -0.15) is 0 Å². The third-order valence-electron chi connectivity index (χ3n) is 7.10. The van der Waals surface area contributed by atoms with Gasteiger partial charge in [-0.1, -0.05) is 26.8 Å². The Morgan fingerprint density at radius 1 is 1.35 bits per heavy atom. The number of fused-ring (bicyclic) bond motifs is 1. The molecule has 0 aliphatic heterocycles. The van der Waals surface area contributed by atoms with Crippen molar-refractivity contribution in [3.63, 3.8) is 0 Å². The van der Waals surface area contributed by atoms with Crippen LogP contribution in [0.25, 0.3) is 0 Å². The molecular formula is C20H30O3. The topological polar surface area (TPSA) is 53.6 Å². The summed E-state index contributed by atoms with van der Waals surface area (Å²) in [5, 5.41) is 20.6. The average molecular weight is 318 g/mol. The van der Waals surface area contributed by atoms with Crippen molar-refractivity contribution < 1.29 is 14.6 Å². The summed E-state index contributed by atoms with van der Waals surface area (Å²) in [5.74, 6) is 0.776. The summed E-state index contributed by atoms with van der Waals surface area (Å²) in [4.78, 5) is 0. The molecule has 2 N–H and O–H groups in total. The number of furan rings is 1. The van der Waals surface area contributed by atoms with Crippen molar-refractivity contribution in [3.8, 4) is 0 Å². The molecule has 0 amide bonds. The third-order valence-corrected chi connectivity index (χ3v) is 7.10. The van der Waals surface area contributed by atoms with E-state index in [1.807, 2.05) is 12.3 Å². The van der Waals surface area contributed by atoms with Crippen molar-refractivity contribution >= 4 is 0 Å². The van der Waals surface area contributed by atoms with Crippen molar-refractivity contribution in [3.05, 3.63) is 35.8 Å². The summed E-state index contributed by atoms with van der Waals surface area (Å²) in [6, 6.07) is 2.03. The lowest BCUT2D eigenvalue weighted by molar-refractivity contribution is -0.118. The van der Waals surface area contributed by atoms with Crippen molar-refractivity contribution in [2.45, 2.75) is 59.0 Å². The van der Waals surface area contributed by atoms with Crippen molar-refractivity contribution in [1.82, 2.24) is 0 Å². The molecule has 0 saturated heterocycles. The maximum atomic E-state index is 10.8. The lowest BCUT2D eigenvalue weighted by Crippen LogP contribution is -2.55. The summed E-state index contributed by atoms with van der Waals surface area (Å²) in [6.07, 6.45) is 10.4. The fourth-order valence-corrected chi connectivity index (χ4v) is 5.39. The van der Waals surface area contributed by atoms with Crippen LogP contribution in [0.1, 0.15) is 52.0 Å². The van der Waals surface area contributed by atoms with Gasteiger partial charge in [-0.15, -0.1) is 0 Å². The van der Waals surface area contributed by atoms with Gasteiger partial charge in [0.2, 0.25) is 0 Å². The van der Waals surface area contributed by atoms with Crippen LogP contribution in [-0.4, -0.2) is 22.9 Å². The molecule has 3 nitrogen and oxygen atoms in total. The minimum absolute atomic E-state index is 0.0678. The Hall–Kier alpha value is -1.06. The van der Waals surface area contributed by atoms with Gasteiger partial charge >= 0.3 is 0 Å². The van der Waals surface area contributed by atoms with Gasteiger partial charge in [-0.05, 0) is 72.0 Å². The Balaban J connectivity index is 1.91. The summed E-state index contributed by atoms with van der Waals surface area (Å²) >= 11 is 0. The molecule has 2 aliphatic carbocycles. The predicted octanol–water partition coefficient (Wildman–Crippen LogP) is 3.95. The van der Waals surface area contributed by atoms with Crippen LogP contribution in [-0.2, 0) is 6.42 Å². The third kappa shape index (κ3) is 2.68. The number of hydrogen-bond acceptors (Lipinski definition) is 3. The number of hydrogen-bond donors (Lipinski definition) is 2. The maximum Gasteiger partial charge on any atom is 0.0934 e. The monoisotopic (exact) mass is 318 g/mol. The Morgan fingerprint density at radius 2 is 2.13 bits per heavy atom. The number of aryl methyl sites for hydroxylation is 1. The van der Waals surface area contributed by atoms with E-state index in [9.17, 15) is 10.2 Å². The van der Waals surface area contributed by atoms with Crippen LogP contribution in [0, 0.1) is 22.7 Å². The zero-order chi connectivity index (χ0) is 16.7. The lowest BCUT2D eigenvalue weighted by atomic mass is 9.46. The molecule has 3 rings (SSSR count). The second-order valence-corrected chi connectivity index (χ2v) is 8.13. The molecule has 1 heterocycles. The first kappa shape index (κ1) is 16.8. The predicted molar refractivity (Wildman–Crippen MR) is 90.9 cm³/mol. The molecule has 1 fully saturated rings. The van der Waals surface area contributed by atoms with E-state index < -0.39 is 0 Å². The quantitative estimate of drug-likeness (QED) is 0.826. The summed E-state index contributed by atoms with van der Waals surface area (Å²) < 4.78 is 5.20. The molecule has 0 spiro atoms. The Morgan fingerprint density at radius 3 is 2.78 bits per heavy atom.